The predicted molar refractivity (Wildman–Crippen MR) is 109 cm³/mol. The van der Waals surface area contributed by atoms with Gasteiger partial charge in [-0.05, 0) is 63.9 Å². The van der Waals surface area contributed by atoms with Crippen LogP contribution in [0.1, 0.15) is 39.0 Å². The molecule has 156 valence electrons. The molecule has 1 aromatic carbocycles. The molecule has 28 heavy (non-hydrogen) atoms. The summed E-state index contributed by atoms with van der Waals surface area (Å²) < 4.78 is 18.4. The first-order chi connectivity index (χ1) is 13.5. The van der Waals surface area contributed by atoms with Crippen molar-refractivity contribution < 1.29 is 14.2 Å². The van der Waals surface area contributed by atoms with Crippen molar-refractivity contribution in [2.75, 3.05) is 26.7 Å². The van der Waals surface area contributed by atoms with E-state index in [4.69, 9.17) is 4.74 Å². The van der Waals surface area contributed by atoms with Crippen LogP contribution in [0, 0.1) is 5.82 Å². The Morgan fingerprint density at radius 2 is 1.96 bits per heavy atom. The third-order valence-electron chi connectivity index (χ3n) is 5.74. The van der Waals surface area contributed by atoms with Crippen LogP contribution in [0.25, 0.3) is 0 Å². The third-order valence-corrected chi connectivity index (χ3v) is 5.74. The third kappa shape index (κ3) is 5.82. The topological polar surface area (TPSA) is 69.1 Å². The minimum absolute atomic E-state index is 0.118. The van der Waals surface area contributed by atoms with E-state index in [1.807, 2.05) is 6.92 Å². The van der Waals surface area contributed by atoms with Crippen molar-refractivity contribution in [3.8, 4) is 5.75 Å². The molecule has 2 saturated heterocycles. The second kappa shape index (κ2) is 10.1. The number of hydrogen-bond donors (Lipinski definition) is 3. The largest absolute Gasteiger partial charge is 0.491 e. The zero-order chi connectivity index (χ0) is 19.9. The van der Waals surface area contributed by atoms with E-state index in [0.29, 0.717) is 23.9 Å². The number of fused-ring (bicyclic) bond motifs is 2. The van der Waals surface area contributed by atoms with E-state index in [1.54, 1.807) is 12.1 Å². The van der Waals surface area contributed by atoms with E-state index in [1.165, 1.54) is 31.4 Å². The van der Waals surface area contributed by atoms with Crippen LogP contribution >= 0.6 is 0 Å². The fourth-order valence-electron chi connectivity index (χ4n) is 4.22. The zero-order valence-corrected chi connectivity index (χ0v) is 16.9. The highest BCUT2D eigenvalue weighted by Crippen LogP contribution is 2.32. The average molecular weight is 393 g/mol. The second-order valence-electron chi connectivity index (χ2n) is 7.86. The lowest BCUT2D eigenvalue weighted by atomic mass is 9.82. The molecule has 0 aromatic heterocycles. The van der Waals surface area contributed by atoms with Gasteiger partial charge in [-0.3, -0.25) is 4.99 Å². The minimum Gasteiger partial charge on any atom is -0.491 e. The van der Waals surface area contributed by atoms with Crippen LogP contribution in [0.15, 0.2) is 29.3 Å². The molecule has 3 N–H and O–H groups in total. The number of piperidine rings is 2. The van der Waals surface area contributed by atoms with Crippen molar-refractivity contribution >= 4 is 5.96 Å². The number of hydrogen-bond acceptors (Lipinski definition) is 4. The summed E-state index contributed by atoms with van der Waals surface area (Å²) in [6.07, 6.45) is 5.43. The Labute approximate surface area is 167 Å². The molecule has 6 nitrogen and oxygen atoms in total. The summed E-state index contributed by atoms with van der Waals surface area (Å²) in [5.41, 5.74) is 0. The average Bonchev–Trinajstić information content (AvgIpc) is 2.66. The molecule has 3 unspecified atom stereocenters. The number of guanidine groups is 1. The van der Waals surface area contributed by atoms with Gasteiger partial charge in [0.25, 0.3) is 0 Å². The van der Waals surface area contributed by atoms with Gasteiger partial charge in [0.2, 0.25) is 0 Å². The van der Waals surface area contributed by atoms with Crippen molar-refractivity contribution in [1.29, 1.82) is 0 Å². The molecule has 7 heteroatoms. The molecule has 1 aromatic rings. The first-order valence-corrected chi connectivity index (χ1v) is 10.4. The summed E-state index contributed by atoms with van der Waals surface area (Å²) in [5, 5.41) is 17.0. The van der Waals surface area contributed by atoms with Gasteiger partial charge in [0.1, 0.15) is 24.3 Å². The van der Waals surface area contributed by atoms with Gasteiger partial charge in [-0.25, -0.2) is 4.39 Å². The molecule has 3 atom stereocenters. The summed E-state index contributed by atoms with van der Waals surface area (Å²) in [6, 6.07) is 7.50. The highest BCUT2D eigenvalue weighted by Gasteiger charge is 2.36. The Balaban J connectivity index is 1.48. The van der Waals surface area contributed by atoms with Gasteiger partial charge in [0.15, 0.2) is 5.96 Å². The molecule has 0 saturated carbocycles. The lowest BCUT2D eigenvalue weighted by molar-refractivity contribution is 0.0526. The SMILES string of the molecule is CCNC(=NCC(O)COc1ccc(F)cc1)NC1CC2CCCC(C1)N2C. The summed E-state index contributed by atoms with van der Waals surface area (Å²) >= 11 is 0. The molecule has 3 rings (SSSR count). The first kappa shape index (κ1) is 20.9. The van der Waals surface area contributed by atoms with Crippen molar-refractivity contribution in [2.45, 2.75) is 63.3 Å². The van der Waals surface area contributed by atoms with Gasteiger partial charge in [-0.1, -0.05) is 6.42 Å². The van der Waals surface area contributed by atoms with Crippen LogP contribution in [0.4, 0.5) is 4.39 Å². The van der Waals surface area contributed by atoms with Crippen LogP contribution in [0.5, 0.6) is 5.75 Å². The van der Waals surface area contributed by atoms with Crippen LogP contribution in [-0.4, -0.2) is 66.9 Å². The molecule has 0 amide bonds. The number of aliphatic hydroxyl groups excluding tert-OH is 1. The Morgan fingerprint density at radius 1 is 1.29 bits per heavy atom. The number of nitrogens with one attached hydrogen (secondary N) is 2. The van der Waals surface area contributed by atoms with Crippen LogP contribution in [0.3, 0.4) is 0 Å². The zero-order valence-electron chi connectivity index (χ0n) is 16.9. The molecular formula is C21H33FN4O2. The fourth-order valence-corrected chi connectivity index (χ4v) is 4.22. The highest BCUT2D eigenvalue weighted by atomic mass is 19.1. The van der Waals surface area contributed by atoms with E-state index >= 15 is 0 Å². The summed E-state index contributed by atoms with van der Waals surface area (Å²) in [5.74, 6) is 0.972. The fraction of sp³-hybridized carbons (Fsp3) is 0.667. The van der Waals surface area contributed by atoms with E-state index < -0.39 is 6.10 Å². The van der Waals surface area contributed by atoms with Gasteiger partial charge in [-0.2, -0.15) is 0 Å². The van der Waals surface area contributed by atoms with E-state index in [2.05, 4.69) is 27.6 Å². The maximum Gasteiger partial charge on any atom is 0.191 e. The molecule has 2 bridgehead atoms. The Hall–Kier alpha value is -1.86. The molecule has 2 aliphatic heterocycles. The number of rotatable bonds is 7. The van der Waals surface area contributed by atoms with Gasteiger partial charge in [0, 0.05) is 24.7 Å². The molecule has 0 aliphatic carbocycles. The van der Waals surface area contributed by atoms with Gasteiger partial charge in [0.05, 0.1) is 6.54 Å². The molecule has 2 fully saturated rings. The molecule has 0 spiro atoms. The molecular weight excluding hydrogens is 359 g/mol. The number of nitrogens with zero attached hydrogens (tertiary/aromatic N) is 2. The van der Waals surface area contributed by atoms with Crippen molar-refractivity contribution in [2.24, 2.45) is 4.99 Å². The van der Waals surface area contributed by atoms with Crippen molar-refractivity contribution in [3.05, 3.63) is 30.1 Å². The minimum atomic E-state index is -0.725. The predicted octanol–water partition coefficient (Wildman–Crippen LogP) is 2.14. The van der Waals surface area contributed by atoms with Crippen molar-refractivity contribution in [1.82, 2.24) is 15.5 Å². The van der Waals surface area contributed by atoms with Crippen molar-refractivity contribution in [3.63, 3.8) is 0 Å². The van der Waals surface area contributed by atoms with Crippen LogP contribution in [-0.2, 0) is 0 Å². The quantitative estimate of drug-likeness (QED) is 0.490. The standard InChI is InChI=1S/C21H33FN4O2/c1-3-23-21(25-16-11-17-5-4-6-18(12-16)26(17)2)24-13-19(27)14-28-20-9-7-15(22)8-10-20/h7-10,16-19,27H,3-6,11-14H2,1-2H3,(H2,23,24,25). The normalized spacial score (nSPS) is 26.6. The first-order valence-electron chi connectivity index (χ1n) is 10.4. The van der Waals surface area contributed by atoms with E-state index in [0.717, 1.165) is 25.3 Å². The van der Waals surface area contributed by atoms with E-state index in [-0.39, 0.29) is 19.0 Å². The maximum absolute atomic E-state index is 12.9. The number of ether oxygens (including phenoxy) is 1. The number of benzene rings is 1. The Kier molecular flexibility index (Phi) is 7.50. The van der Waals surface area contributed by atoms with Gasteiger partial charge < -0.3 is 25.4 Å². The van der Waals surface area contributed by atoms with Gasteiger partial charge in [-0.15, -0.1) is 0 Å². The maximum atomic E-state index is 12.9. The number of aliphatic hydroxyl groups is 1. The lowest BCUT2D eigenvalue weighted by Crippen LogP contribution is -2.56. The summed E-state index contributed by atoms with van der Waals surface area (Å²) in [4.78, 5) is 7.08. The smallest absolute Gasteiger partial charge is 0.191 e. The van der Waals surface area contributed by atoms with Crippen LogP contribution < -0.4 is 15.4 Å². The molecule has 2 heterocycles. The Morgan fingerprint density at radius 3 is 2.61 bits per heavy atom. The summed E-state index contributed by atoms with van der Waals surface area (Å²) in [6.45, 7) is 3.17. The van der Waals surface area contributed by atoms with Crippen LogP contribution in [0.2, 0.25) is 0 Å². The monoisotopic (exact) mass is 392 g/mol. The highest BCUT2D eigenvalue weighted by molar-refractivity contribution is 5.80. The second-order valence-corrected chi connectivity index (χ2v) is 7.86. The van der Waals surface area contributed by atoms with Gasteiger partial charge >= 0.3 is 0 Å². The van der Waals surface area contributed by atoms with E-state index in [9.17, 15) is 9.50 Å². The molecule has 2 aliphatic rings. The molecule has 0 radical (unpaired) electrons. The summed E-state index contributed by atoms with van der Waals surface area (Å²) in [7, 11) is 2.25. The number of aliphatic imine (C=N–C) groups is 1. The Bertz CT molecular complexity index is 626. The lowest BCUT2D eigenvalue weighted by Gasteiger charge is -2.47. The number of halogens is 1.